The quantitative estimate of drug-likeness (QED) is 0.556. The van der Waals surface area contributed by atoms with Crippen molar-refractivity contribution >= 4 is 22.6 Å². The van der Waals surface area contributed by atoms with Crippen LogP contribution in [-0.2, 0) is 24.8 Å². The standard InChI is InChI=1S/C19H20N6O2/c1-23-14-6-2-3-7-15(14)24(19(23)27)13-10-18(26)20-11-9-17-22-21-16-8-4-5-12-25(16)17/h2-8,12H,9-11,13H2,1H3,(H,20,26). The molecule has 8 nitrogen and oxygen atoms in total. The molecule has 0 fully saturated rings. The van der Waals surface area contributed by atoms with Crippen LogP contribution in [0.3, 0.4) is 0 Å². The number of nitrogens with zero attached hydrogens (tertiary/aromatic N) is 5. The van der Waals surface area contributed by atoms with Gasteiger partial charge in [0.2, 0.25) is 5.91 Å². The maximum atomic E-state index is 12.4. The van der Waals surface area contributed by atoms with Crippen LogP contribution in [0.5, 0.6) is 0 Å². The van der Waals surface area contributed by atoms with Crippen LogP contribution >= 0.6 is 0 Å². The lowest BCUT2D eigenvalue weighted by Crippen LogP contribution is -2.29. The molecule has 0 saturated carbocycles. The van der Waals surface area contributed by atoms with Gasteiger partial charge in [0.15, 0.2) is 5.65 Å². The number of para-hydroxylation sites is 2. The molecule has 1 amide bonds. The maximum absolute atomic E-state index is 12.4. The summed E-state index contributed by atoms with van der Waals surface area (Å²) in [6.45, 7) is 0.818. The van der Waals surface area contributed by atoms with Crippen LogP contribution in [0.4, 0.5) is 0 Å². The Morgan fingerprint density at radius 1 is 1.07 bits per heavy atom. The van der Waals surface area contributed by atoms with Crippen LogP contribution in [0.2, 0.25) is 0 Å². The fraction of sp³-hybridized carbons (Fsp3) is 0.263. The number of carbonyl (C=O) groups excluding carboxylic acids is 1. The van der Waals surface area contributed by atoms with E-state index in [0.717, 1.165) is 22.5 Å². The molecular weight excluding hydrogens is 344 g/mol. The van der Waals surface area contributed by atoms with Gasteiger partial charge in [-0.3, -0.25) is 18.3 Å². The Balaban J connectivity index is 1.35. The molecule has 1 aromatic carbocycles. The second-order valence-corrected chi connectivity index (χ2v) is 6.38. The van der Waals surface area contributed by atoms with Gasteiger partial charge >= 0.3 is 5.69 Å². The number of aromatic nitrogens is 5. The lowest BCUT2D eigenvalue weighted by atomic mass is 10.3. The van der Waals surface area contributed by atoms with E-state index in [0.29, 0.717) is 19.5 Å². The van der Waals surface area contributed by atoms with Crippen molar-refractivity contribution in [2.24, 2.45) is 7.05 Å². The molecule has 0 aliphatic carbocycles. The fourth-order valence-corrected chi connectivity index (χ4v) is 3.26. The van der Waals surface area contributed by atoms with Crippen molar-refractivity contribution in [2.75, 3.05) is 6.54 Å². The molecule has 0 unspecified atom stereocenters. The number of carbonyl (C=O) groups is 1. The minimum atomic E-state index is -0.112. The van der Waals surface area contributed by atoms with Gasteiger partial charge in [0.1, 0.15) is 5.82 Å². The highest BCUT2D eigenvalue weighted by molar-refractivity contribution is 5.77. The first-order chi connectivity index (χ1) is 13.1. The van der Waals surface area contributed by atoms with Gasteiger partial charge in [0.25, 0.3) is 0 Å². The van der Waals surface area contributed by atoms with E-state index in [-0.39, 0.29) is 18.0 Å². The summed E-state index contributed by atoms with van der Waals surface area (Å²) < 4.78 is 5.15. The van der Waals surface area contributed by atoms with Crippen molar-refractivity contribution in [1.29, 1.82) is 0 Å². The Labute approximate surface area is 155 Å². The molecule has 0 aliphatic heterocycles. The zero-order valence-corrected chi connectivity index (χ0v) is 15.0. The lowest BCUT2D eigenvalue weighted by Gasteiger charge is -2.06. The van der Waals surface area contributed by atoms with E-state index in [1.807, 2.05) is 53.1 Å². The number of fused-ring (bicyclic) bond motifs is 2. The normalized spacial score (nSPS) is 11.3. The van der Waals surface area contributed by atoms with Gasteiger partial charge in [-0.1, -0.05) is 18.2 Å². The van der Waals surface area contributed by atoms with E-state index in [4.69, 9.17) is 0 Å². The zero-order chi connectivity index (χ0) is 18.8. The van der Waals surface area contributed by atoms with E-state index in [1.54, 1.807) is 16.2 Å². The fourth-order valence-electron chi connectivity index (χ4n) is 3.26. The number of hydrogen-bond donors (Lipinski definition) is 1. The van der Waals surface area contributed by atoms with Crippen LogP contribution in [0.25, 0.3) is 16.7 Å². The summed E-state index contributed by atoms with van der Waals surface area (Å²) in [7, 11) is 1.74. The average molecular weight is 364 g/mol. The second-order valence-electron chi connectivity index (χ2n) is 6.38. The highest BCUT2D eigenvalue weighted by atomic mass is 16.2. The van der Waals surface area contributed by atoms with Crippen molar-refractivity contribution in [3.05, 3.63) is 65.0 Å². The Morgan fingerprint density at radius 3 is 2.70 bits per heavy atom. The molecule has 8 heteroatoms. The number of imidazole rings is 1. The first-order valence-electron chi connectivity index (χ1n) is 8.85. The van der Waals surface area contributed by atoms with Gasteiger partial charge in [-0.25, -0.2) is 4.79 Å². The molecule has 27 heavy (non-hydrogen) atoms. The molecule has 0 spiro atoms. The molecule has 4 rings (SSSR count). The van der Waals surface area contributed by atoms with Crippen molar-refractivity contribution in [1.82, 2.24) is 29.0 Å². The molecule has 0 saturated heterocycles. The van der Waals surface area contributed by atoms with Crippen molar-refractivity contribution in [2.45, 2.75) is 19.4 Å². The predicted octanol–water partition coefficient (Wildman–Crippen LogP) is 1.13. The van der Waals surface area contributed by atoms with Crippen LogP contribution < -0.4 is 11.0 Å². The molecule has 1 N–H and O–H groups in total. The maximum Gasteiger partial charge on any atom is 0.328 e. The Morgan fingerprint density at radius 2 is 1.85 bits per heavy atom. The summed E-state index contributed by atoms with van der Waals surface area (Å²) in [6.07, 6.45) is 2.74. The van der Waals surface area contributed by atoms with Gasteiger partial charge in [-0.2, -0.15) is 0 Å². The molecule has 4 aromatic rings. The van der Waals surface area contributed by atoms with E-state index >= 15 is 0 Å². The number of pyridine rings is 1. The number of aryl methyl sites for hydroxylation is 2. The van der Waals surface area contributed by atoms with Crippen molar-refractivity contribution in [3.63, 3.8) is 0 Å². The zero-order valence-electron chi connectivity index (χ0n) is 15.0. The minimum absolute atomic E-state index is 0.0938. The number of nitrogens with one attached hydrogen (secondary N) is 1. The summed E-state index contributed by atoms with van der Waals surface area (Å²) in [6, 6.07) is 13.3. The minimum Gasteiger partial charge on any atom is -0.356 e. The molecular formula is C19H20N6O2. The number of hydrogen-bond acceptors (Lipinski definition) is 4. The summed E-state index contributed by atoms with van der Waals surface area (Å²) in [5.41, 5.74) is 2.38. The first-order valence-corrected chi connectivity index (χ1v) is 8.85. The Kier molecular flexibility index (Phi) is 4.45. The molecule has 3 heterocycles. The van der Waals surface area contributed by atoms with E-state index in [9.17, 15) is 9.59 Å². The Hall–Kier alpha value is -3.42. The van der Waals surface area contributed by atoms with E-state index in [1.165, 1.54) is 0 Å². The van der Waals surface area contributed by atoms with Crippen LogP contribution in [0, 0.1) is 0 Å². The monoisotopic (exact) mass is 364 g/mol. The second kappa shape index (κ2) is 7.06. The average Bonchev–Trinajstić information content (AvgIpc) is 3.21. The number of rotatable bonds is 6. The van der Waals surface area contributed by atoms with E-state index < -0.39 is 0 Å². The summed E-state index contributed by atoms with van der Waals surface area (Å²) in [5, 5.41) is 11.1. The molecule has 0 radical (unpaired) electrons. The van der Waals surface area contributed by atoms with Crippen LogP contribution in [0.15, 0.2) is 53.5 Å². The summed E-state index contributed by atoms with van der Waals surface area (Å²) >= 11 is 0. The smallest absolute Gasteiger partial charge is 0.328 e. The number of benzene rings is 1. The highest BCUT2D eigenvalue weighted by Crippen LogP contribution is 2.11. The van der Waals surface area contributed by atoms with Crippen LogP contribution in [-0.4, -0.2) is 36.2 Å². The largest absolute Gasteiger partial charge is 0.356 e. The molecule has 138 valence electrons. The van der Waals surface area contributed by atoms with Crippen LogP contribution in [0.1, 0.15) is 12.2 Å². The van der Waals surface area contributed by atoms with Crippen molar-refractivity contribution in [3.8, 4) is 0 Å². The first kappa shape index (κ1) is 17.0. The van der Waals surface area contributed by atoms with Gasteiger partial charge in [0, 0.05) is 39.2 Å². The topological polar surface area (TPSA) is 86.2 Å². The lowest BCUT2D eigenvalue weighted by molar-refractivity contribution is -0.121. The van der Waals surface area contributed by atoms with E-state index in [2.05, 4.69) is 15.5 Å². The van der Waals surface area contributed by atoms with Gasteiger partial charge in [-0.05, 0) is 24.3 Å². The van der Waals surface area contributed by atoms with Gasteiger partial charge < -0.3 is 5.32 Å². The molecule has 3 aromatic heterocycles. The van der Waals surface area contributed by atoms with Gasteiger partial charge in [-0.15, -0.1) is 10.2 Å². The molecule has 0 bridgehead atoms. The Bertz CT molecular complexity index is 1170. The SMILES string of the molecule is Cn1c(=O)n(CCC(=O)NCCc2nnc3ccccn23)c2ccccc21. The third kappa shape index (κ3) is 3.21. The third-order valence-electron chi connectivity index (χ3n) is 4.67. The predicted molar refractivity (Wildman–Crippen MR) is 101 cm³/mol. The summed E-state index contributed by atoms with van der Waals surface area (Å²) in [5.74, 6) is 0.708. The van der Waals surface area contributed by atoms with Gasteiger partial charge in [0.05, 0.1) is 11.0 Å². The van der Waals surface area contributed by atoms with Crippen molar-refractivity contribution < 1.29 is 4.79 Å². The summed E-state index contributed by atoms with van der Waals surface area (Å²) in [4.78, 5) is 24.6. The molecule has 0 atom stereocenters. The molecule has 0 aliphatic rings. The third-order valence-corrected chi connectivity index (χ3v) is 4.67. The highest BCUT2D eigenvalue weighted by Gasteiger charge is 2.11. The number of amides is 1.